The van der Waals surface area contributed by atoms with E-state index in [9.17, 15) is 28.7 Å². The SMILES string of the molecule is C[C@H](NC(=O)OC(C)(C)C)C(=O)NC1(C(=O)O)CC(F)[C@@H]2C1[C@H]2C(=O)O. The smallest absolute Gasteiger partial charge is 0.408 e. The molecule has 10 heteroatoms. The highest BCUT2D eigenvalue weighted by atomic mass is 19.1. The molecule has 4 N–H and O–H groups in total. The average molecular weight is 374 g/mol. The number of carbonyl (C=O) groups is 4. The van der Waals surface area contributed by atoms with Crippen molar-refractivity contribution >= 4 is 23.9 Å². The molecule has 2 saturated carbocycles. The first-order valence-electron chi connectivity index (χ1n) is 8.22. The van der Waals surface area contributed by atoms with Crippen LogP contribution in [0.25, 0.3) is 0 Å². The van der Waals surface area contributed by atoms with Gasteiger partial charge in [-0.1, -0.05) is 0 Å². The van der Waals surface area contributed by atoms with Gasteiger partial charge in [-0.2, -0.15) is 0 Å². The molecule has 0 heterocycles. The first kappa shape index (κ1) is 19.9. The van der Waals surface area contributed by atoms with Gasteiger partial charge in [0.2, 0.25) is 5.91 Å². The van der Waals surface area contributed by atoms with Crippen LogP contribution in [0.4, 0.5) is 9.18 Å². The topological polar surface area (TPSA) is 142 Å². The normalized spacial score (nSPS) is 33.6. The summed E-state index contributed by atoms with van der Waals surface area (Å²) in [5.41, 5.74) is -2.79. The summed E-state index contributed by atoms with van der Waals surface area (Å²) < 4.78 is 19.1. The second-order valence-corrected chi connectivity index (χ2v) is 7.82. The Morgan fingerprint density at radius 3 is 2.23 bits per heavy atom. The predicted octanol–water partition coefficient (Wildman–Crippen LogP) is 0.528. The Morgan fingerprint density at radius 2 is 1.81 bits per heavy atom. The van der Waals surface area contributed by atoms with Crippen molar-refractivity contribution in [2.75, 3.05) is 0 Å². The summed E-state index contributed by atoms with van der Waals surface area (Å²) >= 11 is 0. The van der Waals surface area contributed by atoms with Crippen LogP contribution in [-0.2, 0) is 19.1 Å². The molecule has 2 fully saturated rings. The highest BCUT2D eigenvalue weighted by molar-refractivity contribution is 5.93. The second-order valence-electron chi connectivity index (χ2n) is 7.82. The standard InChI is InChI=1S/C16H23FN2O7/c1-6(18-14(25)26-15(2,3)4)11(20)19-16(13(23)24)5-7(17)8-9(10(8)16)12(21)22/h6-10H,5H2,1-4H3,(H,18,25)(H,19,20)(H,21,22)(H,23,24)/t6-,7?,8-,9-,10?,16?/m0/s1. The van der Waals surface area contributed by atoms with E-state index >= 15 is 0 Å². The molecule has 0 spiro atoms. The molecule has 0 bridgehead atoms. The number of alkyl carbamates (subject to hydrolysis) is 1. The first-order chi connectivity index (χ1) is 11.8. The van der Waals surface area contributed by atoms with Crippen molar-refractivity contribution < 1.29 is 38.5 Å². The van der Waals surface area contributed by atoms with Gasteiger partial charge in [0.1, 0.15) is 23.4 Å². The van der Waals surface area contributed by atoms with Crippen LogP contribution in [0.3, 0.4) is 0 Å². The summed E-state index contributed by atoms with van der Waals surface area (Å²) in [7, 11) is 0. The molecule has 0 aromatic rings. The lowest BCUT2D eigenvalue weighted by Gasteiger charge is -2.30. The van der Waals surface area contributed by atoms with Crippen LogP contribution < -0.4 is 10.6 Å². The van der Waals surface area contributed by atoms with E-state index in [4.69, 9.17) is 9.84 Å². The van der Waals surface area contributed by atoms with Gasteiger partial charge in [0.25, 0.3) is 0 Å². The van der Waals surface area contributed by atoms with Gasteiger partial charge in [-0.05, 0) is 27.7 Å². The number of hydrogen-bond donors (Lipinski definition) is 4. The molecule has 0 aromatic carbocycles. The van der Waals surface area contributed by atoms with Crippen molar-refractivity contribution in [3.05, 3.63) is 0 Å². The summed E-state index contributed by atoms with van der Waals surface area (Å²) in [6.45, 7) is 6.22. The van der Waals surface area contributed by atoms with E-state index in [1.54, 1.807) is 20.8 Å². The molecule has 0 aromatic heterocycles. The fraction of sp³-hybridized carbons (Fsp3) is 0.750. The monoisotopic (exact) mass is 374 g/mol. The second kappa shape index (κ2) is 6.40. The minimum absolute atomic E-state index is 0.508. The highest BCUT2D eigenvalue weighted by Crippen LogP contribution is 2.63. The molecule has 26 heavy (non-hydrogen) atoms. The molecule has 3 unspecified atom stereocenters. The summed E-state index contributed by atoms with van der Waals surface area (Å²) in [5, 5.41) is 23.2. The Labute approximate surface area is 149 Å². The number of ether oxygens (including phenoxy) is 1. The first-order valence-corrected chi connectivity index (χ1v) is 8.22. The molecular formula is C16H23FN2O7. The van der Waals surface area contributed by atoms with E-state index in [0.717, 1.165) is 0 Å². The number of carboxylic acid groups (broad SMARTS) is 2. The van der Waals surface area contributed by atoms with Gasteiger partial charge in [-0.3, -0.25) is 9.59 Å². The number of halogens is 1. The van der Waals surface area contributed by atoms with Gasteiger partial charge in [0.15, 0.2) is 0 Å². The van der Waals surface area contributed by atoms with Crippen molar-refractivity contribution in [1.29, 1.82) is 0 Å². The molecule has 2 rings (SSSR count). The van der Waals surface area contributed by atoms with E-state index in [1.807, 2.05) is 0 Å². The van der Waals surface area contributed by atoms with E-state index in [-0.39, 0.29) is 0 Å². The Morgan fingerprint density at radius 1 is 1.23 bits per heavy atom. The Balaban J connectivity index is 2.09. The third-order valence-corrected chi connectivity index (χ3v) is 4.72. The molecule has 0 aliphatic heterocycles. The van der Waals surface area contributed by atoms with Gasteiger partial charge < -0.3 is 25.6 Å². The number of aliphatic carboxylic acids is 2. The van der Waals surface area contributed by atoms with Crippen molar-refractivity contribution in [3.8, 4) is 0 Å². The molecule has 0 radical (unpaired) electrons. The lowest BCUT2D eigenvalue weighted by Crippen LogP contribution is -2.60. The van der Waals surface area contributed by atoms with E-state index in [2.05, 4.69) is 10.6 Å². The summed E-state index contributed by atoms with van der Waals surface area (Å²) in [4.78, 5) is 47.0. The van der Waals surface area contributed by atoms with Gasteiger partial charge in [0.05, 0.1) is 5.92 Å². The predicted molar refractivity (Wildman–Crippen MR) is 85.0 cm³/mol. The number of amides is 2. The molecule has 146 valence electrons. The van der Waals surface area contributed by atoms with Crippen LogP contribution in [0, 0.1) is 17.8 Å². The number of hydrogen-bond acceptors (Lipinski definition) is 5. The summed E-state index contributed by atoms with van der Waals surface area (Å²) in [6.07, 6.45) is -3.01. The molecule has 9 nitrogen and oxygen atoms in total. The molecule has 2 amide bonds. The lowest BCUT2D eigenvalue weighted by atomic mass is 9.89. The zero-order chi connectivity index (χ0) is 20.0. The number of alkyl halides is 1. The molecular weight excluding hydrogens is 351 g/mol. The maximum atomic E-state index is 14.1. The number of fused-ring (bicyclic) bond motifs is 1. The molecule has 2 aliphatic carbocycles. The summed E-state index contributed by atoms with van der Waals surface area (Å²) in [6, 6.07) is -1.15. The van der Waals surface area contributed by atoms with Gasteiger partial charge in [0, 0.05) is 18.3 Å². The van der Waals surface area contributed by atoms with Crippen LogP contribution >= 0.6 is 0 Å². The van der Waals surface area contributed by atoms with Crippen LogP contribution in [0.15, 0.2) is 0 Å². The Bertz CT molecular complexity index is 647. The number of nitrogens with one attached hydrogen (secondary N) is 2. The van der Waals surface area contributed by atoms with E-state index in [0.29, 0.717) is 0 Å². The number of carboxylic acids is 2. The van der Waals surface area contributed by atoms with Crippen LogP contribution in [-0.4, -0.2) is 57.5 Å². The largest absolute Gasteiger partial charge is 0.481 e. The van der Waals surface area contributed by atoms with E-state index < -0.39 is 71.5 Å². The number of carbonyl (C=O) groups excluding carboxylic acids is 2. The van der Waals surface area contributed by atoms with Gasteiger partial charge in [-0.15, -0.1) is 0 Å². The lowest BCUT2D eigenvalue weighted by molar-refractivity contribution is -0.150. The van der Waals surface area contributed by atoms with Crippen molar-refractivity contribution in [1.82, 2.24) is 10.6 Å². The fourth-order valence-corrected chi connectivity index (χ4v) is 3.61. The van der Waals surface area contributed by atoms with Crippen LogP contribution in [0.1, 0.15) is 34.1 Å². The third-order valence-electron chi connectivity index (χ3n) is 4.72. The number of rotatable bonds is 5. The Kier molecular flexibility index (Phi) is 4.91. The minimum atomic E-state index is -2.01. The van der Waals surface area contributed by atoms with Crippen LogP contribution in [0.5, 0.6) is 0 Å². The fourth-order valence-electron chi connectivity index (χ4n) is 3.61. The van der Waals surface area contributed by atoms with Gasteiger partial charge >= 0.3 is 18.0 Å². The third kappa shape index (κ3) is 3.58. The average Bonchev–Trinajstić information content (AvgIpc) is 3.13. The zero-order valence-electron chi connectivity index (χ0n) is 14.9. The quantitative estimate of drug-likeness (QED) is 0.550. The van der Waals surface area contributed by atoms with Crippen molar-refractivity contribution in [2.24, 2.45) is 17.8 Å². The summed E-state index contributed by atoms with van der Waals surface area (Å²) in [5.74, 6) is -6.74. The molecule has 6 atom stereocenters. The van der Waals surface area contributed by atoms with Crippen LogP contribution in [0.2, 0.25) is 0 Å². The van der Waals surface area contributed by atoms with Crippen molar-refractivity contribution in [3.63, 3.8) is 0 Å². The molecule has 0 saturated heterocycles. The maximum absolute atomic E-state index is 14.1. The van der Waals surface area contributed by atoms with Gasteiger partial charge in [-0.25, -0.2) is 14.0 Å². The maximum Gasteiger partial charge on any atom is 0.408 e. The minimum Gasteiger partial charge on any atom is -0.481 e. The van der Waals surface area contributed by atoms with Crippen molar-refractivity contribution in [2.45, 2.75) is 57.5 Å². The molecule has 2 aliphatic rings. The zero-order valence-corrected chi connectivity index (χ0v) is 14.9. The highest BCUT2D eigenvalue weighted by Gasteiger charge is 2.76. The Hall–Kier alpha value is -2.39. The van der Waals surface area contributed by atoms with E-state index in [1.165, 1.54) is 6.92 Å².